The SMILES string of the molecule is CCCC(C)NC(=O)C1CCCN(C(=O)C2CCN(S(C)(=O)=O)CC2)C1. The summed E-state index contributed by atoms with van der Waals surface area (Å²) in [5.41, 5.74) is 0. The Morgan fingerprint density at radius 1 is 1.12 bits per heavy atom. The molecule has 2 amide bonds. The molecule has 2 fully saturated rings. The molecule has 2 rings (SSSR count). The van der Waals surface area contributed by atoms with Crippen LogP contribution in [0.1, 0.15) is 52.4 Å². The van der Waals surface area contributed by atoms with Gasteiger partial charge in [-0.05, 0) is 39.0 Å². The van der Waals surface area contributed by atoms with E-state index >= 15 is 0 Å². The fourth-order valence-electron chi connectivity index (χ4n) is 3.95. The van der Waals surface area contributed by atoms with E-state index in [9.17, 15) is 18.0 Å². The van der Waals surface area contributed by atoms with Crippen molar-refractivity contribution in [2.45, 2.75) is 58.4 Å². The molecule has 7 nitrogen and oxygen atoms in total. The van der Waals surface area contributed by atoms with Crippen molar-refractivity contribution < 1.29 is 18.0 Å². The Hall–Kier alpha value is -1.15. The smallest absolute Gasteiger partial charge is 0.225 e. The molecule has 2 unspecified atom stereocenters. The Balaban J connectivity index is 1.87. The summed E-state index contributed by atoms with van der Waals surface area (Å²) in [6, 6.07) is 0.166. The van der Waals surface area contributed by atoms with Crippen LogP contribution in [-0.2, 0) is 19.6 Å². The molecule has 2 atom stereocenters. The first-order valence-electron chi connectivity index (χ1n) is 9.76. The lowest BCUT2D eigenvalue weighted by molar-refractivity contribution is -0.140. The molecule has 0 bridgehead atoms. The van der Waals surface area contributed by atoms with Gasteiger partial charge in [-0.15, -0.1) is 0 Å². The van der Waals surface area contributed by atoms with Crippen LogP contribution in [0.5, 0.6) is 0 Å². The minimum absolute atomic E-state index is 0.0512. The van der Waals surface area contributed by atoms with E-state index in [-0.39, 0.29) is 29.7 Å². The molecular formula is C18H33N3O4S. The summed E-state index contributed by atoms with van der Waals surface area (Å²) in [7, 11) is -3.18. The Labute approximate surface area is 157 Å². The van der Waals surface area contributed by atoms with Crippen LogP contribution in [0.15, 0.2) is 0 Å². The molecule has 2 heterocycles. The average Bonchev–Trinajstić information content (AvgIpc) is 2.60. The third kappa shape index (κ3) is 5.67. The first-order valence-corrected chi connectivity index (χ1v) is 11.6. The maximum Gasteiger partial charge on any atom is 0.225 e. The van der Waals surface area contributed by atoms with Gasteiger partial charge in [0.05, 0.1) is 12.2 Å². The first kappa shape index (κ1) is 21.2. The van der Waals surface area contributed by atoms with Gasteiger partial charge in [0.1, 0.15) is 0 Å². The lowest BCUT2D eigenvalue weighted by Crippen LogP contribution is -2.50. The molecule has 0 aromatic heterocycles. The maximum absolute atomic E-state index is 12.8. The third-order valence-corrected chi connectivity index (χ3v) is 6.79. The van der Waals surface area contributed by atoms with Crippen LogP contribution < -0.4 is 5.32 Å². The number of rotatable bonds is 6. The lowest BCUT2D eigenvalue weighted by Gasteiger charge is -2.37. The summed E-state index contributed by atoms with van der Waals surface area (Å²) in [4.78, 5) is 27.1. The summed E-state index contributed by atoms with van der Waals surface area (Å²) in [5.74, 6) is -0.135. The normalized spacial score (nSPS) is 24.3. The van der Waals surface area contributed by atoms with Gasteiger partial charge in [-0.2, -0.15) is 0 Å². The Bertz CT molecular complexity index is 600. The van der Waals surface area contributed by atoms with Gasteiger partial charge in [0, 0.05) is 38.1 Å². The Morgan fingerprint density at radius 3 is 2.35 bits per heavy atom. The predicted molar refractivity (Wildman–Crippen MR) is 101 cm³/mol. The third-order valence-electron chi connectivity index (χ3n) is 5.49. The molecule has 26 heavy (non-hydrogen) atoms. The molecule has 150 valence electrons. The molecule has 0 aliphatic carbocycles. The Morgan fingerprint density at radius 2 is 1.77 bits per heavy atom. The monoisotopic (exact) mass is 387 g/mol. The van der Waals surface area contributed by atoms with Gasteiger partial charge in [-0.1, -0.05) is 13.3 Å². The zero-order valence-electron chi connectivity index (χ0n) is 16.2. The minimum Gasteiger partial charge on any atom is -0.353 e. The highest BCUT2D eigenvalue weighted by Crippen LogP contribution is 2.25. The van der Waals surface area contributed by atoms with Crippen LogP contribution in [0.3, 0.4) is 0 Å². The number of sulfonamides is 1. The van der Waals surface area contributed by atoms with Crippen LogP contribution in [0, 0.1) is 11.8 Å². The van der Waals surface area contributed by atoms with E-state index in [0.717, 1.165) is 25.7 Å². The van der Waals surface area contributed by atoms with Crippen LogP contribution in [0.2, 0.25) is 0 Å². The second-order valence-electron chi connectivity index (χ2n) is 7.76. The van der Waals surface area contributed by atoms with Crippen molar-refractivity contribution in [2.24, 2.45) is 11.8 Å². The molecule has 0 aromatic rings. The van der Waals surface area contributed by atoms with E-state index in [1.807, 2.05) is 11.8 Å². The molecule has 2 aliphatic heterocycles. The van der Waals surface area contributed by atoms with E-state index in [1.54, 1.807) is 0 Å². The molecule has 2 saturated heterocycles. The highest BCUT2D eigenvalue weighted by molar-refractivity contribution is 7.88. The number of hydrogen-bond acceptors (Lipinski definition) is 4. The van der Waals surface area contributed by atoms with Crippen molar-refractivity contribution >= 4 is 21.8 Å². The second-order valence-corrected chi connectivity index (χ2v) is 9.74. The van der Waals surface area contributed by atoms with E-state index in [4.69, 9.17) is 0 Å². The largest absolute Gasteiger partial charge is 0.353 e. The lowest BCUT2D eigenvalue weighted by atomic mass is 9.92. The summed E-state index contributed by atoms with van der Waals surface area (Å²) in [6.45, 7) is 6.10. The molecule has 0 saturated carbocycles. The van der Waals surface area contributed by atoms with Crippen molar-refractivity contribution in [1.82, 2.24) is 14.5 Å². The van der Waals surface area contributed by atoms with Gasteiger partial charge in [0.2, 0.25) is 21.8 Å². The summed E-state index contributed by atoms with van der Waals surface area (Å²) in [5, 5.41) is 3.06. The number of nitrogens with one attached hydrogen (secondary N) is 1. The minimum atomic E-state index is -3.18. The summed E-state index contributed by atoms with van der Waals surface area (Å²) in [6.07, 6.45) is 5.99. The van der Waals surface area contributed by atoms with Crippen LogP contribution >= 0.6 is 0 Å². The number of piperidine rings is 2. The fraction of sp³-hybridized carbons (Fsp3) is 0.889. The van der Waals surface area contributed by atoms with Crippen molar-refractivity contribution in [2.75, 3.05) is 32.4 Å². The molecule has 0 spiro atoms. The van der Waals surface area contributed by atoms with E-state index < -0.39 is 10.0 Å². The van der Waals surface area contributed by atoms with Crippen LogP contribution in [-0.4, -0.2) is 67.9 Å². The topological polar surface area (TPSA) is 86.8 Å². The van der Waals surface area contributed by atoms with Gasteiger partial charge in [-0.25, -0.2) is 12.7 Å². The van der Waals surface area contributed by atoms with Crippen molar-refractivity contribution in [3.8, 4) is 0 Å². The molecule has 0 aromatic carbocycles. The second kappa shape index (κ2) is 9.17. The number of carbonyl (C=O) groups excluding carboxylic acids is 2. The molecular weight excluding hydrogens is 354 g/mol. The zero-order chi connectivity index (χ0) is 19.3. The first-order chi connectivity index (χ1) is 12.2. The summed E-state index contributed by atoms with van der Waals surface area (Å²) >= 11 is 0. The van der Waals surface area contributed by atoms with E-state index in [0.29, 0.717) is 39.0 Å². The van der Waals surface area contributed by atoms with E-state index in [2.05, 4.69) is 12.2 Å². The Kier molecular flexibility index (Phi) is 7.46. The molecule has 0 radical (unpaired) electrons. The highest BCUT2D eigenvalue weighted by Gasteiger charge is 2.35. The molecule has 8 heteroatoms. The van der Waals surface area contributed by atoms with Gasteiger partial charge in [0.25, 0.3) is 0 Å². The zero-order valence-corrected chi connectivity index (χ0v) is 17.1. The maximum atomic E-state index is 12.8. The molecule has 1 N–H and O–H groups in total. The summed E-state index contributed by atoms with van der Waals surface area (Å²) < 4.78 is 24.6. The standard InChI is InChI=1S/C18H33N3O4S/c1-4-6-14(2)19-17(22)16-7-5-10-20(13-16)18(23)15-8-11-21(12-9-15)26(3,24)25/h14-16H,4-13H2,1-3H3,(H,19,22). The fourth-order valence-corrected chi connectivity index (χ4v) is 4.82. The number of carbonyl (C=O) groups is 2. The predicted octanol–water partition coefficient (Wildman–Crippen LogP) is 1.20. The van der Waals surface area contributed by atoms with Gasteiger partial charge < -0.3 is 10.2 Å². The van der Waals surface area contributed by atoms with Crippen molar-refractivity contribution in [1.29, 1.82) is 0 Å². The number of amides is 2. The number of hydrogen-bond donors (Lipinski definition) is 1. The quantitative estimate of drug-likeness (QED) is 0.742. The van der Waals surface area contributed by atoms with Gasteiger partial charge in [0.15, 0.2) is 0 Å². The number of likely N-dealkylation sites (tertiary alicyclic amines) is 1. The van der Waals surface area contributed by atoms with E-state index in [1.165, 1.54) is 10.6 Å². The van der Waals surface area contributed by atoms with Crippen LogP contribution in [0.25, 0.3) is 0 Å². The van der Waals surface area contributed by atoms with Crippen molar-refractivity contribution in [3.63, 3.8) is 0 Å². The highest BCUT2D eigenvalue weighted by atomic mass is 32.2. The van der Waals surface area contributed by atoms with Crippen molar-refractivity contribution in [3.05, 3.63) is 0 Å². The number of nitrogens with zero attached hydrogens (tertiary/aromatic N) is 2. The molecule has 2 aliphatic rings. The van der Waals surface area contributed by atoms with Gasteiger partial charge >= 0.3 is 0 Å². The average molecular weight is 388 g/mol. The van der Waals surface area contributed by atoms with Crippen LogP contribution in [0.4, 0.5) is 0 Å². The van der Waals surface area contributed by atoms with Gasteiger partial charge in [-0.3, -0.25) is 9.59 Å².